The van der Waals surface area contributed by atoms with Gasteiger partial charge in [0.15, 0.2) is 0 Å². The number of nitrogens with zero attached hydrogens (tertiary/aromatic N) is 5. The van der Waals surface area contributed by atoms with Crippen molar-refractivity contribution in [2.24, 2.45) is 23.7 Å². The number of nitrogens with one attached hydrogen (secondary N) is 3. The van der Waals surface area contributed by atoms with E-state index in [1.807, 2.05) is 49.9 Å². The van der Waals surface area contributed by atoms with Crippen molar-refractivity contribution in [3.05, 3.63) is 83.7 Å². The van der Waals surface area contributed by atoms with Gasteiger partial charge in [-0.05, 0) is 89.9 Å². The smallest absolute Gasteiger partial charge is 0.407 e. The molecule has 3 aliphatic carbocycles. The second-order valence-corrected chi connectivity index (χ2v) is 18.1. The maximum Gasteiger partial charge on any atom is 0.407 e. The Balaban J connectivity index is 0.831. The van der Waals surface area contributed by atoms with Gasteiger partial charge in [0.25, 0.3) is 0 Å². The van der Waals surface area contributed by atoms with Gasteiger partial charge in [-0.15, -0.1) is 0 Å². The molecule has 5 fully saturated rings. The molecule has 310 valence electrons. The number of imidazole rings is 2. The monoisotopic (exact) mass is 802 g/mol. The molecule has 4 heterocycles. The van der Waals surface area contributed by atoms with Gasteiger partial charge in [-0.25, -0.2) is 19.6 Å². The lowest BCUT2D eigenvalue weighted by Crippen LogP contribution is -2.52. The van der Waals surface area contributed by atoms with Crippen LogP contribution in [0.4, 0.5) is 9.59 Å². The van der Waals surface area contributed by atoms with Crippen LogP contribution in [0.15, 0.2) is 60.9 Å². The van der Waals surface area contributed by atoms with E-state index in [4.69, 9.17) is 14.7 Å². The summed E-state index contributed by atoms with van der Waals surface area (Å²) in [6.07, 6.45) is 6.69. The topological polar surface area (TPSA) is 177 Å². The number of carbonyl (C=O) groups is 4. The minimum atomic E-state index is -1.10. The van der Waals surface area contributed by atoms with Crippen molar-refractivity contribution in [2.75, 3.05) is 14.2 Å². The summed E-state index contributed by atoms with van der Waals surface area (Å²) in [6.45, 7) is 7.63. The number of hydrogen-bond acceptors (Lipinski definition) is 7. The average Bonchev–Trinajstić information content (AvgIpc) is 4.15. The van der Waals surface area contributed by atoms with Gasteiger partial charge in [-0.3, -0.25) is 14.5 Å². The predicted octanol–water partition coefficient (Wildman–Crippen LogP) is 7.08. The summed E-state index contributed by atoms with van der Waals surface area (Å²) in [5.41, 5.74) is 6.47. The number of likely N-dealkylation sites (tertiary alicyclic amines) is 2. The molecule has 3 saturated carbocycles. The van der Waals surface area contributed by atoms with E-state index in [1.54, 1.807) is 0 Å². The lowest BCUT2D eigenvalue weighted by molar-refractivity contribution is -0.140. The van der Waals surface area contributed by atoms with Crippen LogP contribution >= 0.6 is 0 Å². The number of aromatic amines is 2. The number of hydrogen-bond donors (Lipinski definition) is 4. The summed E-state index contributed by atoms with van der Waals surface area (Å²) in [4.78, 5) is 73.0. The number of benzene rings is 2. The van der Waals surface area contributed by atoms with E-state index in [0.29, 0.717) is 23.7 Å². The Morgan fingerprint density at radius 2 is 1.20 bits per heavy atom. The first-order valence-electron chi connectivity index (χ1n) is 21.1. The van der Waals surface area contributed by atoms with E-state index in [1.165, 1.54) is 25.3 Å². The highest BCUT2D eigenvalue weighted by Gasteiger charge is 2.57. The highest BCUT2D eigenvalue weighted by molar-refractivity contribution is 5.88. The number of likely N-dealkylation sites (N-methyl/N-ethyl adjacent to an activating group) is 1. The van der Waals surface area contributed by atoms with Crippen molar-refractivity contribution >= 4 is 24.0 Å². The largest absolute Gasteiger partial charge is 0.465 e. The Labute approximate surface area is 344 Å². The third-order valence-corrected chi connectivity index (χ3v) is 13.6. The van der Waals surface area contributed by atoms with Crippen LogP contribution in [0.2, 0.25) is 0 Å². The van der Waals surface area contributed by atoms with Gasteiger partial charge in [0.05, 0.1) is 43.0 Å². The van der Waals surface area contributed by atoms with Gasteiger partial charge < -0.3 is 34.9 Å². The molecule has 0 radical (unpaired) electrons. The number of ether oxygens (including phenoxy) is 1. The van der Waals surface area contributed by atoms with E-state index in [9.17, 15) is 24.3 Å². The van der Waals surface area contributed by atoms with Crippen LogP contribution in [0.1, 0.15) is 106 Å². The quantitative estimate of drug-likeness (QED) is 0.118. The normalized spacial score (nSPS) is 27.3. The molecular formula is C45H54N8O6. The van der Waals surface area contributed by atoms with Crippen LogP contribution < -0.4 is 5.32 Å². The molecule has 2 saturated heterocycles. The number of aromatic nitrogens is 4. The number of rotatable bonds is 12. The van der Waals surface area contributed by atoms with E-state index in [0.717, 1.165) is 71.2 Å². The third-order valence-electron chi connectivity index (χ3n) is 13.6. The number of amides is 4. The Bertz CT molecular complexity index is 2250. The van der Waals surface area contributed by atoms with Crippen LogP contribution in [-0.4, -0.2) is 102 Å². The molecule has 0 bridgehead atoms. The molecular weight excluding hydrogens is 749 g/mol. The predicted molar refractivity (Wildman–Crippen MR) is 219 cm³/mol. The van der Waals surface area contributed by atoms with Crippen LogP contribution in [0, 0.1) is 23.7 Å². The molecule has 14 heteroatoms. The summed E-state index contributed by atoms with van der Waals surface area (Å²) in [6, 6.07) is 15.9. The fourth-order valence-electron chi connectivity index (χ4n) is 10.1. The Kier molecular flexibility index (Phi) is 9.78. The van der Waals surface area contributed by atoms with E-state index in [-0.39, 0.29) is 47.8 Å². The van der Waals surface area contributed by atoms with Crippen molar-refractivity contribution in [3.8, 4) is 22.5 Å². The fourth-order valence-corrected chi connectivity index (χ4v) is 10.1. The molecule has 14 nitrogen and oxygen atoms in total. The number of methoxy groups -OCH3 is 1. The number of H-pyrrole nitrogens is 2. The zero-order valence-corrected chi connectivity index (χ0v) is 34.5. The lowest BCUT2D eigenvalue weighted by atomic mass is 10.0. The number of carbonyl (C=O) groups excluding carboxylic acids is 3. The molecule has 2 aliphatic heterocycles. The molecule has 9 rings (SSSR count). The summed E-state index contributed by atoms with van der Waals surface area (Å²) in [5.74, 6) is 2.81. The summed E-state index contributed by atoms with van der Waals surface area (Å²) >= 11 is 0. The Hall–Kier alpha value is -5.66. The maximum atomic E-state index is 13.8. The summed E-state index contributed by atoms with van der Waals surface area (Å²) < 4.78 is 4.80. The average molecular weight is 803 g/mol. The molecule has 0 spiro atoms. The second kappa shape index (κ2) is 14.9. The molecule has 2 aromatic carbocycles. The summed E-state index contributed by atoms with van der Waals surface area (Å²) in [7, 11) is 2.78. The van der Waals surface area contributed by atoms with Crippen LogP contribution in [0.3, 0.4) is 0 Å². The molecule has 4 amide bonds. The van der Waals surface area contributed by atoms with Crippen molar-refractivity contribution in [2.45, 2.75) is 108 Å². The van der Waals surface area contributed by atoms with Gasteiger partial charge >= 0.3 is 12.2 Å². The highest BCUT2D eigenvalue weighted by Crippen LogP contribution is 2.56. The second-order valence-electron chi connectivity index (χ2n) is 18.1. The first-order chi connectivity index (χ1) is 28.3. The Morgan fingerprint density at radius 1 is 0.729 bits per heavy atom. The van der Waals surface area contributed by atoms with Gasteiger partial charge in [0, 0.05) is 19.1 Å². The summed E-state index contributed by atoms with van der Waals surface area (Å²) in [5, 5.41) is 12.4. The van der Waals surface area contributed by atoms with E-state index < -0.39 is 24.3 Å². The molecule has 4 aromatic rings. The lowest BCUT2D eigenvalue weighted by Gasteiger charge is -2.35. The third kappa shape index (κ3) is 7.14. The molecule has 59 heavy (non-hydrogen) atoms. The van der Waals surface area contributed by atoms with Crippen molar-refractivity contribution < 1.29 is 29.0 Å². The number of piperidine rings is 2. The minimum Gasteiger partial charge on any atom is -0.465 e. The zero-order valence-electron chi connectivity index (χ0n) is 34.5. The molecule has 4 N–H and O–H groups in total. The van der Waals surface area contributed by atoms with E-state index in [2.05, 4.69) is 63.8 Å². The molecule has 5 aliphatic rings. The first-order valence-corrected chi connectivity index (χ1v) is 21.1. The standard InChI is InChI=1S/C45H54N8O6/c1-22(2)38(50-44(56)59-6)42(54)52-34-15-28(34)17-36(52)40-46-20-32(48-40)26-11-7-24(8-12-26)30-19-31(30)25-9-13-27(14-10-25)33-21-47-41(49-33)37-18-29-16-35(29)53(37)43(55)39(23(3)4)51(5)45(57)58/h7-14,20-23,28-31,34-39H,15-19H2,1-6H3,(H,46,48)(H,47,49)(H,50,56)(H,57,58)/t28-,29-,30-,31-,34-,35-,36+,37+,38+,39+/m1/s1. The first kappa shape index (κ1) is 38.8. The van der Waals surface area contributed by atoms with E-state index >= 15 is 0 Å². The van der Waals surface area contributed by atoms with Crippen molar-refractivity contribution in [3.63, 3.8) is 0 Å². The molecule has 0 unspecified atom stereocenters. The number of fused-ring (bicyclic) bond motifs is 2. The van der Waals surface area contributed by atoms with Gasteiger partial charge in [-0.2, -0.15) is 0 Å². The molecule has 10 atom stereocenters. The maximum absolute atomic E-state index is 13.8. The SMILES string of the molecule is COC(=O)N[C@H](C(=O)N1[C@@H]2C[C@@H]2C[C@H]1c1ncc(-c2ccc([C@H]3C[C@@H]3c3ccc(-c4cnc([C@@H]5C[C@H]6C[C@H]6N5C(=O)[C@H](C(C)C)N(C)C(=O)O)[nH]4)cc3)cc2)[nH]1)C(C)C. The van der Waals surface area contributed by atoms with Crippen LogP contribution in [0.25, 0.3) is 22.5 Å². The fraction of sp³-hybridized carbons (Fsp3) is 0.511. The van der Waals surface area contributed by atoms with Crippen LogP contribution in [0.5, 0.6) is 0 Å². The van der Waals surface area contributed by atoms with Gasteiger partial charge in [0.2, 0.25) is 11.8 Å². The zero-order chi connectivity index (χ0) is 41.4. The van der Waals surface area contributed by atoms with Crippen molar-refractivity contribution in [1.82, 2.24) is 40.0 Å². The van der Waals surface area contributed by atoms with Crippen LogP contribution in [-0.2, 0) is 14.3 Å². The highest BCUT2D eigenvalue weighted by atomic mass is 16.5. The number of carboxylic acid groups (broad SMARTS) is 1. The number of alkyl carbamates (subject to hydrolysis) is 1. The van der Waals surface area contributed by atoms with Crippen molar-refractivity contribution in [1.29, 1.82) is 0 Å². The Morgan fingerprint density at radius 3 is 1.63 bits per heavy atom. The molecule has 2 aromatic heterocycles. The minimum absolute atomic E-state index is 0.0893. The van der Waals surface area contributed by atoms with Gasteiger partial charge in [-0.1, -0.05) is 76.2 Å². The van der Waals surface area contributed by atoms with Gasteiger partial charge in [0.1, 0.15) is 23.7 Å².